The van der Waals surface area contributed by atoms with Crippen LogP contribution in [-0.2, 0) is 30.3 Å². The number of cyclic esters (lactones) is 1. The molecule has 2 aromatic rings. The van der Waals surface area contributed by atoms with Gasteiger partial charge in [0.2, 0.25) is 5.60 Å². The molecule has 0 bridgehead atoms. The summed E-state index contributed by atoms with van der Waals surface area (Å²) in [7, 11) is 0. The summed E-state index contributed by atoms with van der Waals surface area (Å²) in [5.41, 5.74) is 1.28. The number of benzene rings is 1. The van der Waals surface area contributed by atoms with Crippen LogP contribution in [0.1, 0.15) is 37.9 Å². The van der Waals surface area contributed by atoms with Crippen molar-refractivity contribution in [2.24, 2.45) is 5.92 Å². The largest absolute Gasteiger partial charge is 0.457 e. The molecule has 5 rings (SSSR count). The Morgan fingerprint density at radius 2 is 2.12 bits per heavy atom. The van der Waals surface area contributed by atoms with E-state index in [4.69, 9.17) is 9.47 Å². The average molecular weight is 448 g/mol. The van der Waals surface area contributed by atoms with Gasteiger partial charge in [0.05, 0.1) is 27.4 Å². The van der Waals surface area contributed by atoms with Gasteiger partial charge in [-0.1, -0.05) is 19.9 Å². The van der Waals surface area contributed by atoms with Gasteiger partial charge in [-0.2, -0.15) is 0 Å². The number of esters is 2. The molecule has 0 N–H and O–H groups in total. The molecule has 0 saturated heterocycles. The highest BCUT2D eigenvalue weighted by atomic mass is 16.6. The van der Waals surface area contributed by atoms with Crippen LogP contribution in [0.25, 0.3) is 16.5 Å². The van der Waals surface area contributed by atoms with E-state index in [2.05, 4.69) is 4.98 Å². The first-order valence-electron chi connectivity index (χ1n) is 10.8. The van der Waals surface area contributed by atoms with Crippen LogP contribution in [0.2, 0.25) is 0 Å². The Morgan fingerprint density at radius 1 is 1.33 bits per heavy atom. The number of carbonyl (C=O) groups excluding carboxylic acids is 3. The second-order valence-corrected chi connectivity index (χ2v) is 8.29. The van der Waals surface area contributed by atoms with E-state index >= 15 is 0 Å². The van der Waals surface area contributed by atoms with Gasteiger partial charge in [0, 0.05) is 23.6 Å². The van der Waals surface area contributed by atoms with Crippen molar-refractivity contribution in [2.45, 2.75) is 38.7 Å². The number of rotatable bonds is 4. The maximum atomic E-state index is 13.5. The minimum atomic E-state index is -1.69. The van der Waals surface area contributed by atoms with E-state index in [0.717, 1.165) is 5.56 Å². The van der Waals surface area contributed by atoms with Gasteiger partial charge in [-0.25, -0.2) is 9.78 Å². The number of ketones is 1. The number of fused-ring (bicyclic) bond motifs is 4. The molecule has 0 amide bonds. The van der Waals surface area contributed by atoms with Crippen LogP contribution >= 0.6 is 0 Å². The lowest BCUT2D eigenvalue weighted by atomic mass is 9.75. The SMILES string of the molecule is CCC(=O)O[C@]1(CC)C(=O)OCC2=C1C=C1c3nc4cccc([N+](=O)[O-])c4cc3CC1C2=O. The van der Waals surface area contributed by atoms with Gasteiger partial charge in [-0.3, -0.25) is 19.7 Å². The third-order valence-corrected chi connectivity index (χ3v) is 6.61. The Balaban J connectivity index is 1.70. The molecule has 33 heavy (non-hydrogen) atoms. The van der Waals surface area contributed by atoms with Crippen molar-refractivity contribution in [3.05, 3.63) is 62.9 Å². The summed E-state index contributed by atoms with van der Waals surface area (Å²) in [5, 5.41) is 11.9. The zero-order valence-corrected chi connectivity index (χ0v) is 18.0. The van der Waals surface area contributed by atoms with E-state index in [1.807, 2.05) is 0 Å². The van der Waals surface area contributed by atoms with Gasteiger partial charge < -0.3 is 9.47 Å². The molecule has 1 aromatic carbocycles. The van der Waals surface area contributed by atoms with Crippen molar-refractivity contribution >= 4 is 39.9 Å². The molecule has 2 heterocycles. The number of ether oxygens (including phenoxy) is 2. The fraction of sp³-hybridized carbons (Fsp3) is 0.333. The Bertz CT molecular complexity index is 1340. The number of nitro groups is 1. The number of aromatic nitrogens is 1. The maximum Gasteiger partial charge on any atom is 0.355 e. The molecule has 3 aliphatic rings. The van der Waals surface area contributed by atoms with Crippen LogP contribution in [-0.4, -0.2) is 39.8 Å². The van der Waals surface area contributed by atoms with Crippen LogP contribution in [0.5, 0.6) is 0 Å². The number of allylic oxidation sites excluding steroid dienone is 1. The summed E-state index contributed by atoms with van der Waals surface area (Å²) >= 11 is 0. The third-order valence-electron chi connectivity index (χ3n) is 6.61. The number of non-ortho nitro benzene ring substituents is 1. The molecule has 9 heteroatoms. The fourth-order valence-corrected chi connectivity index (χ4v) is 4.91. The molecule has 9 nitrogen and oxygen atoms in total. The second-order valence-electron chi connectivity index (χ2n) is 8.29. The number of hydrogen-bond donors (Lipinski definition) is 0. The second kappa shape index (κ2) is 7.33. The standard InChI is InChI=1S/C24H20N2O7/c1-3-20(27)33-24(4-2)17-10-13-14(22(28)16(17)11-32-23(24)29)8-12-9-15-18(25-21(12)13)6-5-7-19(15)26(30)31/h5-7,9-10,14H,3-4,8,11H2,1-2H3/t14?,24-/m0/s1. The van der Waals surface area contributed by atoms with Crippen LogP contribution in [0.15, 0.2) is 41.5 Å². The van der Waals surface area contributed by atoms with Gasteiger partial charge >= 0.3 is 11.9 Å². The normalized spacial score (nSPS) is 23.5. The summed E-state index contributed by atoms with van der Waals surface area (Å²) in [5.74, 6) is -2.01. The topological polar surface area (TPSA) is 126 Å². The minimum absolute atomic E-state index is 0.0501. The molecular formula is C24H20N2O7. The average Bonchev–Trinajstić information content (AvgIpc) is 3.17. The molecule has 1 aromatic heterocycles. The summed E-state index contributed by atoms with van der Waals surface area (Å²) < 4.78 is 10.9. The van der Waals surface area contributed by atoms with Crippen LogP contribution in [0.3, 0.4) is 0 Å². The predicted octanol–water partition coefficient (Wildman–Crippen LogP) is 3.24. The van der Waals surface area contributed by atoms with Gasteiger partial charge in [-0.05, 0) is 42.2 Å². The Labute approximate surface area is 188 Å². The van der Waals surface area contributed by atoms with E-state index in [1.54, 1.807) is 38.1 Å². The number of pyridine rings is 1. The van der Waals surface area contributed by atoms with Gasteiger partial charge in [0.1, 0.15) is 6.61 Å². The smallest absolute Gasteiger partial charge is 0.355 e. The third kappa shape index (κ3) is 2.92. The summed E-state index contributed by atoms with van der Waals surface area (Å²) in [6.45, 7) is 3.13. The molecule has 0 spiro atoms. The van der Waals surface area contributed by atoms with Crippen molar-refractivity contribution in [1.82, 2.24) is 4.98 Å². The zero-order chi connectivity index (χ0) is 23.5. The van der Waals surface area contributed by atoms with Crippen molar-refractivity contribution in [1.29, 1.82) is 0 Å². The summed E-state index contributed by atoms with van der Waals surface area (Å²) in [6, 6.07) is 6.39. The van der Waals surface area contributed by atoms with Crippen molar-refractivity contribution < 1.29 is 28.8 Å². The van der Waals surface area contributed by atoms with Crippen LogP contribution in [0, 0.1) is 16.0 Å². The fourth-order valence-electron chi connectivity index (χ4n) is 4.91. The Kier molecular flexibility index (Phi) is 4.66. The summed E-state index contributed by atoms with van der Waals surface area (Å²) in [4.78, 5) is 54.1. The lowest BCUT2D eigenvalue weighted by Gasteiger charge is -2.38. The molecule has 0 radical (unpaired) electrons. The molecule has 1 aliphatic heterocycles. The van der Waals surface area contributed by atoms with Crippen molar-refractivity contribution in [2.75, 3.05) is 6.61 Å². The lowest BCUT2D eigenvalue weighted by molar-refractivity contribution is -0.383. The minimum Gasteiger partial charge on any atom is -0.457 e. The Morgan fingerprint density at radius 3 is 2.82 bits per heavy atom. The Hall–Kier alpha value is -3.88. The monoisotopic (exact) mass is 448 g/mol. The maximum absolute atomic E-state index is 13.5. The molecule has 2 aliphatic carbocycles. The highest BCUT2D eigenvalue weighted by Crippen LogP contribution is 2.48. The number of nitro benzene ring substituents is 1. The zero-order valence-electron chi connectivity index (χ0n) is 18.0. The van der Waals surface area contributed by atoms with Crippen molar-refractivity contribution in [3.8, 4) is 0 Å². The van der Waals surface area contributed by atoms with E-state index < -0.39 is 28.4 Å². The molecule has 168 valence electrons. The van der Waals surface area contributed by atoms with E-state index in [0.29, 0.717) is 39.7 Å². The first kappa shape index (κ1) is 21.0. The van der Waals surface area contributed by atoms with Crippen LogP contribution in [0.4, 0.5) is 5.69 Å². The predicted molar refractivity (Wildman–Crippen MR) is 116 cm³/mol. The molecule has 2 atom stereocenters. The van der Waals surface area contributed by atoms with E-state index in [9.17, 15) is 24.5 Å². The van der Waals surface area contributed by atoms with Crippen molar-refractivity contribution in [3.63, 3.8) is 0 Å². The van der Waals surface area contributed by atoms with Gasteiger partial charge in [-0.15, -0.1) is 0 Å². The highest BCUT2D eigenvalue weighted by Gasteiger charge is 2.53. The quantitative estimate of drug-likeness (QED) is 0.396. The number of Topliss-reactive ketones (excluding diaryl/α,β-unsaturated/α-hetero) is 1. The molecule has 1 unspecified atom stereocenters. The van der Waals surface area contributed by atoms with Crippen LogP contribution < -0.4 is 0 Å². The number of hydrogen-bond acceptors (Lipinski definition) is 8. The number of nitrogens with zero attached hydrogens (tertiary/aromatic N) is 2. The lowest BCUT2D eigenvalue weighted by Crippen LogP contribution is -2.51. The molecule has 0 fully saturated rings. The first-order chi connectivity index (χ1) is 15.8. The van der Waals surface area contributed by atoms with Gasteiger partial charge in [0.15, 0.2) is 5.78 Å². The van der Waals surface area contributed by atoms with Gasteiger partial charge in [0.25, 0.3) is 5.69 Å². The first-order valence-corrected chi connectivity index (χ1v) is 10.8. The number of carbonyl (C=O) groups is 3. The summed E-state index contributed by atoms with van der Waals surface area (Å²) in [6.07, 6.45) is 2.26. The highest BCUT2D eigenvalue weighted by molar-refractivity contribution is 6.12. The van der Waals surface area contributed by atoms with E-state index in [-0.39, 0.29) is 30.9 Å². The molecule has 0 saturated carbocycles. The van der Waals surface area contributed by atoms with E-state index in [1.165, 1.54) is 6.07 Å². The molecular weight excluding hydrogens is 428 g/mol.